The average Bonchev–Trinajstić information content (AvgIpc) is 2.94. The first-order valence-electron chi connectivity index (χ1n) is 8.75. The van der Waals surface area contributed by atoms with Crippen LogP contribution in [0.2, 0.25) is 5.02 Å². The number of anilines is 1. The number of nitrogens with zero attached hydrogens (tertiary/aromatic N) is 1. The standard InChI is InChI=1S/C20H13BrClF3N2O4S/c1-31-17-10(5-12(21)8-14(17)22)6-15-18(29)27(19(30)32-15)9-16(28)26-13-4-2-3-11(7-13)20(23,24)25/h2-8H,9H2,1H3,(H,26,28)/b15-6-. The second-order valence-electron chi connectivity index (χ2n) is 6.40. The highest BCUT2D eigenvalue weighted by atomic mass is 79.9. The fourth-order valence-electron chi connectivity index (χ4n) is 2.80. The van der Waals surface area contributed by atoms with E-state index in [2.05, 4.69) is 21.2 Å². The number of halogens is 5. The minimum Gasteiger partial charge on any atom is -0.495 e. The Bertz CT molecular complexity index is 1140. The maximum atomic E-state index is 12.8. The lowest BCUT2D eigenvalue weighted by Crippen LogP contribution is -2.36. The molecule has 1 saturated heterocycles. The number of nitrogens with one attached hydrogen (secondary N) is 1. The van der Waals surface area contributed by atoms with Crippen LogP contribution >= 0.6 is 39.3 Å². The molecule has 168 valence electrons. The van der Waals surface area contributed by atoms with Crippen molar-refractivity contribution < 1.29 is 32.3 Å². The van der Waals surface area contributed by atoms with Gasteiger partial charge in [0.05, 0.1) is 22.6 Å². The molecule has 0 unspecified atom stereocenters. The van der Waals surface area contributed by atoms with Crippen LogP contribution in [0.25, 0.3) is 6.08 Å². The van der Waals surface area contributed by atoms with Crippen molar-refractivity contribution in [3.8, 4) is 5.75 Å². The largest absolute Gasteiger partial charge is 0.495 e. The van der Waals surface area contributed by atoms with Gasteiger partial charge in [-0.05, 0) is 48.2 Å². The molecule has 2 aromatic carbocycles. The maximum absolute atomic E-state index is 12.8. The van der Waals surface area contributed by atoms with E-state index in [1.54, 1.807) is 12.1 Å². The first-order valence-corrected chi connectivity index (χ1v) is 10.7. The van der Waals surface area contributed by atoms with E-state index in [0.717, 1.165) is 18.2 Å². The molecule has 6 nitrogen and oxygen atoms in total. The van der Waals surface area contributed by atoms with E-state index in [0.29, 0.717) is 32.4 Å². The Morgan fingerprint density at radius 2 is 2.00 bits per heavy atom. The summed E-state index contributed by atoms with van der Waals surface area (Å²) in [6, 6.07) is 7.26. The van der Waals surface area contributed by atoms with Gasteiger partial charge in [-0.2, -0.15) is 13.2 Å². The zero-order chi connectivity index (χ0) is 23.6. The van der Waals surface area contributed by atoms with Gasteiger partial charge in [-0.25, -0.2) is 0 Å². The van der Waals surface area contributed by atoms with Crippen LogP contribution in [0.5, 0.6) is 5.75 Å². The van der Waals surface area contributed by atoms with Crippen molar-refractivity contribution in [2.45, 2.75) is 6.18 Å². The van der Waals surface area contributed by atoms with Gasteiger partial charge in [0, 0.05) is 15.7 Å². The summed E-state index contributed by atoms with van der Waals surface area (Å²) >= 11 is 10.0. The monoisotopic (exact) mass is 548 g/mol. The molecule has 1 heterocycles. The zero-order valence-corrected chi connectivity index (χ0v) is 19.3. The van der Waals surface area contributed by atoms with E-state index in [1.165, 1.54) is 19.3 Å². The van der Waals surface area contributed by atoms with Gasteiger partial charge in [-0.15, -0.1) is 0 Å². The zero-order valence-electron chi connectivity index (χ0n) is 16.1. The van der Waals surface area contributed by atoms with Crippen LogP contribution in [0.3, 0.4) is 0 Å². The second-order valence-corrected chi connectivity index (χ2v) is 8.72. The molecule has 2 aromatic rings. The predicted octanol–water partition coefficient (Wildman–Crippen LogP) is 5.80. The molecule has 1 fully saturated rings. The SMILES string of the molecule is COc1c(Cl)cc(Br)cc1/C=C1\SC(=O)N(CC(=O)Nc2cccc(C(F)(F)F)c2)C1=O. The number of amides is 3. The Morgan fingerprint density at radius 1 is 1.28 bits per heavy atom. The van der Waals surface area contributed by atoms with Crippen LogP contribution in [0.1, 0.15) is 11.1 Å². The number of carbonyl (C=O) groups excluding carboxylic acids is 3. The molecule has 1 N–H and O–H groups in total. The van der Waals surface area contributed by atoms with Gasteiger partial charge in [0.15, 0.2) is 0 Å². The second kappa shape index (κ2) is 9.55. The number of benzene rings is 2. The summed E-state index contributed by atoms with van der Waals surface area (Å²) in [4.78, 5) is 37.9. The van der Waals surface area contributed by atoms with Gasteiger partial charge in [0.1, 0.15) is 12.3 Å². The van der Waals surface area contributed by atoms with Gasteiger partial charge in [0.2, 0.25) is 5.91 Å². The van der Waals surface area contributed by atoms with Crippen LogP contribution in [0.15, 0.2) is 45.8 Å². The van der Waals surface area contributed by atoms with Crippen molar-refractivity contribution in [1.29, 1.82) is 0 Å². The van der Waals surface area contributed by atoms with Crippen molar-refractivity contribution in [3.05, 3.63) is 61.9 Å². The smallest absolute Gasteiger partial charge is 0.416 e. The average molecular weight is 550 g/mol. The molecule has 1 aliphatic heterocycles. The van der Waals surface area contributed by atoms with Gasteiger partial charge in [-0.3, -0.25) is 19.3 Å². The summed E-state index contributed by atoms with van der Waals surface area (Å²) in [6.45, 7) is -0.658. The quantitative estimate of drug-likeness (QED) is 0.477. The molecule has 3 amide bonds. The molecule has 32 heavy (non-hydrogen) atoms. The number of thioether (sulfide) groups is 1. The maximum Gasteiger partial charge on any atom is 0.416 e. The Morgan fingerprint density at radius 3 is 2.66 bits per heavy atom. The topological polar surface area (TPSA) is 75.7 Å². The molecule has 0 bridgehead atoms. The van der Waals surface area contributed by atoms with E-state index in [-0.39, 0.29) is 15.6 Å². The van der Waals surface area contributed by atoms with Crippen LogP contribution in [0, 0.1) is 0 Å². The van der Waals surface area contributed by atoms with Crippen LogP contribution in [-0.4, -0.2) is 35.6 Å². The predicted molar refractivity (Wildman–Crippen MR) is 118 cm³/mol. The molecule has 1 aliphatic rings. The first-order chi connectivity index (χ1) is 15.0. The molecule has 0 aromatic heterocycles. The normalized spacial score (nSPS) is 15.4. The molecule has 0 spiro atoms. The van der Waals surface area contributed by atoms with Crippen molar-refractivity contribution in [2.75, 3.05) is 19.0 Å². The molecular formula is C20H13BrClF3N2O4S. The van der Waals surface area contributed by atoms with Crippen molar-refractivity contribution in [2.24, 2.45) is 0 Å². The van der Waals surface area contributed by atoms with Crippen LogP contribution in [-0.2, 0) is 15.8 Å². The van der Waals surface area contributed by atoms with Gasteiger partial charge in [-0.1, -0.05) is 33.6 Å². The first kappa shape index (κ1) is 24.1. The fourth-order valence-corrected chi connectivity index (χ4v) is 4.54. The van der Waals surface area contributed by atoms with E-state index in [4.69, 9.17) is 16.3 Å². The Hall–Kier alpha value is -2.50. The Kier molecular flexibility index (Phi) is 7.21. The highest BCUT2D eigenvalue weighted by Crippen LogP contribution is 2.38. The minimum atomic E-state index is -4.58. The van der Waals surface area contributed by atoms with Crippen molar-refractivity contribution >= 4 is 68.1 Å². The molecule has 0 saturated carbocycles. The van der Waals surface area contributed by atoms with E-state index < -0.39 is 35.3 Å². The third-order valence-electron chi connectivity index (χ3n) is 4.18. The summed E-state index contributed by atoms with van der Waals surface area (Å²) in [7, 11) is 1.40. The Labute approximate surface area is 197 Å². The lowest BCUT2D eigenvalue weighted by molar-refractivity contribution is -0.137. The van der Waals surface area contributed by atoms with Gasteiger partial charge < -0.3 is 10.1 Å². The summed E-state index contributed by atoms with van der Waals surface area (Å²) in [6.07, 6.45) is -3.17. The molecule has 12 heteroatoms. The lowest BCUT2D eigenvalue weighted by atomic mass is 10.2. The number of carbonyl (C=O) groups is 3. The summed E-state index contributed by atoms with van der Waals surface area (Å²) in [5.41, 5.74) is -0.613. The van der Waals surface area contributed by atoms with E-state index >= 15 is 0 Å². The third kappa shape index (κ3) is 5.45. The third-order valence-corrected chi connectivity index (χ3v) is 5.82. The number of alkyl halides is 3. The van der Waals surface area contributed by atoms with Crippen molar-refractivity contribution in [1.82, 2.24) is 4.90 Å². The van der Waals surface area contributed by atoms with Crippen LogP contribution < -0.4 is 10.1 Å². The number of hydrogen-bond donors (Lipinski definition) is 1. The molecule has 3 rings (SSSR count). The fraction of sp³-hybridized carbons (Fsp3) is 0.150. The number of hydrogen-bond acceptors (Lipinski definition) is 5. The highest BCUT2D eigenvalue weighted by molar-refractivity contribution is 9.10. The number of rotatable bonds is 5. The Balaban J connectivity index is 1.76. The number of imide groups is 1. The van der Waals surface area contributed by atoms with E-state index in [9.17, 15) is 27.6 Å². The molecule has 0 aliphatic carbocycles. The number of ether oxygens (including phenoxy) is 1. The van der Waals surface area contributed by atoms with Crippen molar-refractivity contribution in [3.63, 3.8) is 0 Å². The summed E-state index contributed by atoms with van der Waals surface area (Å²) < 4.78 is 44.3. The molecule has 0 atom stereocenters. The molecule has 0 radical (unpaired) electrons. The van der Waals surface area contributed by atoms with E-state index in [1.807, 2.05) is 0 Å². The minimum absolute atomic E-state index is 0.0364. The summed E-state index contributed by atoms with van der Waals surface area (Å²) in [5, 5.41) is 1.85. The summed E-state index contributed by atoms with van der Waals surface area (Å²) in [5.74, 6) is -1.25. The lowest BCUT2D eigenvalue weighted by Gasteiger charge is -2.13. The van der Waals surface area contributed by atoms with Crippen LogP contribution in [0.4, 0.5) is 23.7 Å². The van der Waals surface area contributed by atoms with Gasteiger partial charge in [0.25, 0.3) is 11.1 Å². The number of methoxy groups -OCH3 is 1. The highest BCUT2D eigenvalue weighted by Gasteiger charge is 2.37. The van der Waals surface area contributed by atoms with Gasteiger partial charge >= 0.3 is 6.18 Å². The molecular weight excluding hydrogens is 537 g/mol.